The van der Waals surface area contributed by atoms with Crippen LogP contribution in [0.3, 0.4) is 0 Å². The molecule has 11 heavy (non-hydrogen) atoms. The Bertz CT molecular complexity index is 264. The molecular formula is C9H9NO. The van der Waals surface area contributed by atoms with Crippen molar-refractivity contribution >= 4 is 5.71 Å². The molecule has 1 heterocycles. The standard InChI is InChI=1S/C9H9NO/c10-9(8-6-11-8)7-4-2-1-3-5-7/h1-5,8,10H,6H2. The van der Waals surface area contributed by atoms with E-state index < -0.39 is 0 Å². The van der Waals surface area contributed by atoms with Gasteiger partial charge in [-0.2, -0.15) is 0 Å². The lowest BCUT2D eigenvalue weighted by atomic mass is 10.1. The molecule has 1 atom stereocenters. The highest BCUT2D eigenvalue weighted by Crippen LogP contribution is 2.15. The molecule has 0 radical (unpaired) electrons. The van der Waals surface area contributed by atoms with Gasteiger partial charge in [0.25, 0.3) is 0 Å². The predicted octanol–water partition coefficient (Wildman–Crippen LogP) is 1.45. The molecule has 1 fully saturated rings. The third kappa shape index (κ3) is 1.30. The van der Waals surface area contributed by atoms with Gasteiger partial charge >= 0.3 is 0 Å². The van der Waals surface area contributed by atoms with Crippen molar-refractivity contribution in [1.82, 2.24) is 0 Å². The summed E-state index contributed by atoms with van der Waals surface area (Å²) in [7, 11) is 0. The Morgan fingerprint density at radius 1 is 1.36 bits per heavy atom. The fourth-order valence-electron chi connectivity index (χ4n) is 1.02. The lowest BCUT2D eigenvalue weighted by molar-refractivity contribution is 0.449. The van der Waals surface area contributed by atoms with Gasteiger partial charge in [0.05, 0.1) is 12.3 Å². The molecule has 1 aliphatic heterocycles. The van der Waals surface area contributed by atoms with Gasteiger partial charge in [0, 0.05) is 0 Å². The van der Waals surface area contributed by atoms with Crippen LogP contribution in [0.5, 0.6) is 0 Å². The average Bonchev–Trinajstić information content (AvgIpc) is 2.87. The lowest BCUT2D eigenvalue weighted by Gasteiger charge is -1.97. The van der Waals surface area contributed by atoms with Crippen molar-refractivity contribution in [3.05, 3.63) is 35.9 Å². The lowest BCUT2D eigenvalue weighted by Crippen LogP contribution is -2.06. The van der Waals surface area contributed by atoms with Crippen LogP contribution in [0.2, 0.25) is 0 Å². The van der Waals surface area contributed by atoms with Crippen molar-refractivity contribution in [2.45, 2.75) is 6.10 Å². The van der Waals surface area contributed by atoms with Crippen LogP contribution in [0.1, 0.15) is 5.56 Å². The fraction of sp³-hybridized carbons (Fsp3) is 0.222. The number of epoxide rings is 1. The maximum absolute atomic E-state index is 7.62. The highest BCUT2D eigenvalue weighted by Gasteiger charge is 2.28. The Labute approximate surface area is 65.3 Å². The van der Waals surface area contributed by atoms with Crippen molar-refractivity contribution in [2.75, 3.05) is 6.61 Å². The summed E-state index contributed by atoms with van der Waals surface area (Å²) in [5, 5.41) is 7.62. The van der Waals surface area contributed by atoms with E-state index in [4.69, 9.17) is 10.1 Å². The Kier molecular flexibility index (Phi) is 1.47. The molecule has 0 saturated carbocycles. The molecule has 1 saturated heterocycles. The second kappa shape index (κ2) is 2.47. The Balaban J connectivity index is 2.22. The molecule has 0 aliphatic carbocycles. The van der Waals surface area contributed by atoms with Crippen molar-refractivity contribution in [3.63, 3.8) is 0 Å². The quantitative estimate of drug-likeness (QED) is 0.499. The molecule has 0 spiro atoms. The van der Waals surface area contributed by atoms with Crippen molar-refractivity contribution < 1.29 is 4.74 Å². The van der Waals surface area contributed by atoms with Crippen LogP contribution < -0.4 is 0 Å². The molecule has 2 nitrogen and oxygen atoms in total. The Hall–Kier alpha value is -1.15. The molecule has 2 rings (SSSR count). The van der Waals surface area contributed by atoms with Crippen molar-refractivity contribution in [1.29, 1.82) is 5.41 Å². The largest absolute Gasteiger partial charge is 0.366 e. The number of hydrogen-bond acceptors (Lipinski definition) is 2. The summed E-state index contributed by atoms with van der Waals surface area (Å²) in [6.45, 7) is 0.716. The summed E-state index contributed by atoms with van der Waals surface area (Å²) in [5.41, 5.74) is 1.57. The fourth-order valence-corrected chi connectivity index (χ4v) is 1.02. The topological polar surface area (TPSA) is 36.4 Å². The van der Waals surface area contributed by atoms with Gasteiger partial charge in [0.2, 0.25) is 0 Å². The first-order valence-electron chi connectivity index (χ1n) is 3.63. The Morgan fingerprint density at radius 3 is 2.55 bits per heavy atom. The zero-order chi connectivity index (χ0) is 7.68. The van der Waals surface area contributed by atoms with Crippen LogP contribution in [0.4, 0.5) is 0 Å². The highest BCUT2D eigenvalue weighted by atomic mass is 16.6. The summed E-state index contributed by atoms with van der Waals surface area (Å²) in [6.07, 6.45) is 0.0670. The second-order valence-corrected chi connectivity index (χ2v) is 2.60. The first-order chi connectivity index (χ1) is 5.38. The minimum Gasteiger partial charge on any atom is -0.366 e. The van der Waals surface area contributed by atoms with Crippen LogP contribution in [0.15, 0.2) is 30.3 Å². The van der Waals surface area contributed by atoms with Gasteiger partial charge in [0.15, 0.2) is 0 Å². The van der Waals surface area contributed by atoms with Gasteiger partial charge in [-0.25, -0.2) is 0 Å². The number of hydrogen-bond donors (Lipinski definition) is 1. The Morgan fingerprint density at radius 2 is 2.00 bits per heavy atom. The van der Waals surface area contributed by atoms with E-state index >= 15 is 0 Å². The zero-order valence-electron chi connectivity index (χ0n) is 6.08. The smallest absolute Gasteiger partial charge is 0.123 e. The van der Waals surface area contributed by atoms with Gasteiger partial charge in [-0.05, 0) is 5.56 Å². The van der Waals surface area contributed by atoms with E-state index in [1.165, 1.54) is 0 Å². The SMILES string of the molecule is N=C(c1ccccc1)C1CO1. The molecule has 2 heteroatoms. The van der Waals surface area contributed by atoms with Gasteiger partial charge in [-0.15, -0.1) is 0 Å². The number of benzene rings is 1. The summed E-state index contributed by atoms with van der Waals surface area (Å²) < 4.78 is 5.00. The molecule has 1 aromatic rings. The van der Waals surface area contributed by atoms with E-state index in [0.29, 0.717) is 12.3 Å². The molecule has 56 valence electrons. The molecule has 0 amide bonds. The van der Waals surface area contributed by atoms with Gasteiger partial charge < -0.3 is 10.1 Å². The van der Waals surface area contributed by atoms with Crippen LogP contribution >= 0.6 is 0 Å². The summed E-state index contributed by atoms with van der Waals surface area (Å²) in [5.74, 6) is 0. The van der Waals surface area contributed by atoms with Crippen LogP contribution in [-0.4, -0.2) is 18.4 Å². The van der Waals surface area contributed by atoms with E-state index in [1.54, 1.807) is 0 Å². The maximum atomic E-state index is 7.62. The molecule has 0 aromatic heterocycles. The third-order valence-electron chi connectivity index (χ3n) is 1.74. The van der Waals surface area contributed by atoms with E-state index in [2.05, 4.69) is 0 Å². The van der Waals surface area contributed by atoms with Crippen LogP contribution in [-0.2, 0) is 4.74 Å². The zero-order valence-corrected chi connectivity index (χ0v) is 6.08. The highest BCUT2D eigenvalue weighted by molar-refractivity contribution is 6.02. The average molecular weight is 147 g/mol. The van der Waals surface area contributed by atoms with Crippen molar-refractivity contribution in [3.8, 4) is 0 Å². The first kappa shape index (κ1) is 6.55. The molecule has 0 bridgehead atoms. The second-order valence-electron chi connectivity index (χ2n) is 2.60. The molecule has 1 aromatic carbocycles. The maximum Gasteiger partial charge on any atom is 0.123 e. The summed E-state index contributed by atoms with van der Waals surface area (Å²) in [6, 6.07) is 9.69. The van der Waals surface area contributed by atoms with Crippen LogP contribution in [0, 0.1) is 5.41 Å². The molecular weight excluding hydrogens is 138 g/mol. The molecule has 1 aliphatic rings. The van der Waals surface area contributed by atoms with Gasteiger partial charge in [0.1, 0.15) is 6.10 Å². The summed E-state index contributed by atoms with van der Waals surface area (Å²) in [4.78, 5) is 0. The van der Waals surface area contributed by atoms with Gasteiger partial charge in [-0.1, -0.05) is 30.3 Å². The van der Waals surface area contributed by atoms with E-state index in [1.807, 2.05) is 30.3 Å². The molecule has 1 unspecified atom stereocenters. The first-order valence-corrected chi connectivity index (χ1v) is 3.63. The normalized spacial score (nSPS) is 21.3. The number of rotatable bonds is 2. The van der Waals surface area contributed by atoms with E-state index in [-0.39, 0.29) is 6.10 Å². The minimum absolute atomic E-state index is 0.0670. The monoisotopic (exact) mass is 147 g/mol. The van der Waals surface area contributed by atoms with Crippen LogP contribution in [0.25, 0.3) is 0 Å². The van der Waals surface area contributed by atoms with Gasteiger partial charge in [-0.3, -0.25) is 0 Å². The number of ether oxygens (including phenoxy) is 1. The van der Waals surface area contributed by atoms with Crippen molar-refractivity contribution in [2.24, 2.45) is 0 Å². The molecule has 1 N–H and O–H groups in total. The number of nitrogens with one attached hydrogen (secondary N) is 1. The predicted molar refractivity (Wildman–Crippen MR) is 43.0 cm³/mol. The van der Waals surface area contributed by atoms with E-state index in [0.717, 1.165) is 5.56 Å². The minimum atomic E-state index is 0.0670. The third-order valence-corrected chi connectivity index (χ3v) is 1.74. The van der Waals surface area contributed by atoms with E-state index in [9.17, 15) is 0 Å². The summed E-state index contributed by atoms with van der Waals surface area (Å²) >= 11 is 0.